The van der Waals surface area contributed by atoms with Gasteiger partial charge in [-0.3, -0.25) is 0 Å². The molecule has 2 rings (SSSR count). The van der Waals surface area contributed by atoms with Crippen molar-refractivity contribution in [2.75, 3.05) is 0 Å². The minimum atomic E-state index is 0.568. The Balaban J connectivity index is 2.53. The molecule has 0 aliphatic rings. The van der Waals surface area contributed by atoms with E-state index >= 15 is 0 Å². The van der Waals surface area contributed by atoms with Crippen LogP contribution in [0.2, 0.25) is 0 Å². The molecule has 0 heterocycles. The predicted molar refractivity (Wildman–Crippen MR) is 70.9 cm³/mol. The van der Waals surface area contributed by atoms with Crippen molar-refractivity contribution in [3.8, 4) is 11.1 Å². The molecular weight excluding hydrogens is 216 g/mol. The molecule has 0 aliphatic heterocycles. The molecule has 82 valence electrons. The molecule has 16 heavy (non-hydrogen) atoms. The second-order valence-electron chi connectivity index (χ2n) is 4.15. The molecule has 0 N–H and O–H groups in total. The second kappa shape index (κ2) is 4.71. The first-order valence-electron chi connectivity index (χ1n) is 5.43. The molecule has 0 radical (unpaired) electrons. The molecule has 0 bridgehead atoms. The van der Waals surface area contributed by atoms with Crippen LogP contribution in [0.15, 0.2) is 42.5 Å². The third-order valence-corrected chi connectivity index (χ3v) is 3.09. The van der Waals surface area contributed by atoms with Crippen LogP contribution in [0.25, 0.3) is 11.1 Å². The van der Waals surface area contributed by atoms with Gasteiger partial charge < -0.3 is 0 Å². The molecule has 0 amide bonds. The van der Waals surface area contributed by atoms with E-state index in [4.69, 9.17) is 11.6 Å². The number of halogens is 1. The van der Waals surface area contributed by atoms with Crippen LogP contribution in [-0.4, -0.2) is 0 Å². The van der Waals surface area contributed by atoms with E-state index in [2.05, 4.69) is 56.3 Å². The molecule has 0 unspecified atom stereocenters. The van der Waals surface area contributed by atoms with E-state index in [1.165, 1.54) is 27.8 Å². The van der Waals surface area contributed by atoms with Gasteiger partial charge in [-0.05, 0) is 42.2 Å². The summed E-state index contributed by atoms with van der Waals surface area (Å²) in [7, 11) is 0. The van der Waals surface area contributed by atoms with Crippen LogP contribution >= 0.6 is 11.6 Å². The Morgan fingerprint density at radius 1 is 1.00 bits per heavy atom. The Labute approximate surface area is 102 Å². The fourth-order valence-corrected chi connectivity index (χ4v) is 2.04. The summed E-state index contributed by atoms with van der Waals surface area (Å²) < 4.78 is 0. The summed E-state index contributed by atoms with van der Waals surface area (Å²) in [4.78, 5) is 0. The topological polar surface area (TPSA) is 0 Å². The number of hydrogen-bond donors (Lipinski definition) is 0. The molecule has 0 nitrogen and oxygen atoms in total. The zero-order valence-corrected chi connectivity index (χ0v) is 10.4. The van der Waals surface area contributed by atoms with Gasteiger partial charge in [0.25, 0.3) is 0 Å². The van der Waals surface area contributed by atoms with Gasteiger partial charge >= 0.3 is 0 Å². The largest absolute Gasteiger partial charge is 0.122 e. The zero-order valence-electron chi connectivity index (χ0n) is 9.63. The van der Waals surface area contributed by atoms with Gasteiger partial charge in [0.2, 0.25) is 0 Å². The Morgan fingerprint density at radius 3 is 2.56 bits per heavy atom. The van der Waals surface area contributed by atoms with Crippen LogP contribution in [0.4, 0.5) is 0 Å². The fraction of sp³-hybridized carbons (Fsp3) is 0.200. The smallest absolute Gasteiger partial charge is 0.0474 e. The van der Waals surface area contributed by atoms with Crippen LogP contribution in [0, 0.1) is 13.8 Å². The number of hydrogen-bond acceptors (Lipinski definition) is 0. The van der Waals surface area contributed by atoms with Crippen LogP contribution in [0.3, 0.4) is 0 Å². The first-order chi connectivity index (χ1) is 7.70. The lowest BCUT2D eigenvalue weighted by Crippen LogP contribution is -1.86. The summed E-state index contributed by atoms with van der Waals surface area (Å²) in [6.45, 7) is 4.26. The molecule has 0 fully saturated rings. The molecule has 0 aliphatic carbocycles. The van der Waals surface area contributed by atoms with Gasteiger partial charge in [0.05, 0.1) is 0 Å². The van der Waals surface area contributed by atoms with Gasteiger partial charge in [-0.2, -0.15) is 0 Å². The van der Waals surface area contributed by atoms with E-state index in [0.29, 0.717) is 5.88 Å². The van der Waals surface area contributed by atoms with Gasteiger partial charge in [0.15, 0.2) is 0 Å². The third kappa shape index (κ3) is 2.28. The van der Waals surface area contributed by atoms with E-state index in [0.717, 1.165) is 0 Å². The highest BCUT2D eigenvalue weighted by Gasteiger charge is 2.02. The summed E-state index contributed by atoms with van der Waals surface area (Å²) in [6.07, 6.45) is 0. The lowest BCUT2D eigenvalue weighted by Gasteiger charge is -2.08. The van der Waals surface area contributed by atoms with Crippen molar-refractivity contribution in [1.82, 2.24) is 0 Å². The molecular formula is C15H15Cl. The van der Waals surface area contributed by atoms with Crippen LogP contribution < -0.4 is 0 Å². The highest BCUT2D eigenvalue weighted by Crippen LogP contribution is 2.25. The van der Waals surface area contributed by atoms with Crippen LogP contribution in [-0.2, 0) is 5.88 Å². The maximum absolute atomic E-state index is 5.86. The quantitative estimate of drug-likeness (QED) is 0.656. The Hall–Kier alpha value is -1.27. The highest BCUT2D eigenvalue weighted by molar-refractivity contribution is 6.17. The van der Waals surface area contributed by atoms with Gasteiger partial charge in [-0.15, -0.1) is 11.6 Å². The lowest BCUT2D eigenvalue weighted by atomic mass is 9.97. The Morgan fingerprint density at radius 2 is 1.81 bits per heavy atom. The first-order valence-corrected chi connectivity index (χ1v) is 5.96. The monoisotopic (exact) mass is 230 g/mol. The standard InChI is InChI=1S/C15H15Cl/c1-11-6-7-12(2)15(8-11)14-5-3-4-13(9-14)10-16/h3-9H,10H2,1-2H3. The third-order valence-electron chi connectivity index (χ3n) is 2.79. The van der Waals surface area contributed by atoms with Crippen molar-refractivity contribution in [2.24, 2.45) is 0 Å². The molecule has 0 saturated heterocycles. The second-order valence-corrected chi connectivity index (χ2v) is 4.42. The lowest BCUT2D eigenvalue weighted by molar-refractivity contribution is 1.36. The molecule has 1 heteroatoms. The van der Waals surface area contributed by atoms with Gasteiger partial charge in [-0.1, -0.05) is 42.0 Å². The maximum atomic E-state index is 5.86. The van der Waals surface area contributed by atoms with Crippen molar-refractivity contribution in [3.63, 3.8) is 0 Å². The van der Waals surface area contributed by atoms with E-state index in [1.807, 2.05) is 0 Å². The fourth-order valence-electron chi connectivity index (χ4n) is 1.87. The molecule has 0 saturated carbocycles. The summed E-state index contributed by atoms with van der Waals surface area (Å²) >= 11 is 5.86. The number of benzene rings is 2. The highest BCUT2D eigenvalue weighted by atomic mass is 35.5. The van der Waals surface area contributed by atoms with Crippen LogP contribution in [0.1, 0.15) is 16.7 Å². The van der Waals surface area contributed by atoms with Gasteiger partial charge in [0, 0.05) is 5.88 Å². The van der Waals surface area contributed by atoms with Gasteiger partial charge in [0.1, 0.15) is 0 Å². The van der Waals surface area contributed by atoms with Crippen molar-refractivity contribution in [3.05, 3.63) is 59.2 Å². The molecule has 2 aromatic carbocycles. The van der Waals surface area contributed by atoms with Crippen LogP contribution in [0.5, 0.6) is 0 Å². The summed E-state index contributed by atoms with van der Waals surface area (Å²) in [5.41, 5.74) is 6.31. The Kier molecular flexibility index (Phi) is 3.31. The van der Waals surface area contributed by atoms with Crippen molar-refractivity contribution >= 4 is 11.6 Å². The Bertz CT molecular complexity index is 501. The number of alkyl halides is 1. The average Bonchev–Trinajstić information content (AvgIpc) is 2.32. The summed E-state index contributed by atoms with van der Waals surface area (Å²) in [6, 6.07) is 15.0. The first kappa shape index (κ1) is 11.2. The molecule has 0 aromatic heterocycles. The predicted octanol–water partition coefficient (Wildman–Crippen LogP) is 4.71. The number of rotatable bonds is 2. The maximum Gasteiger partial charge on any atom is 0.0474 e. The average molecular weight is 231 g/mol. The van der Waals surface area contributed by atoms with Crippen molar-refractivity contribution < 1.29 is 0 Å². The minimum absolute atomic E-state index is 0.568. The van der Waals surface area contributed by atoms with Gasteiger partial charge in [-0.25, -0.2) is 0 Å². The number of aryl methyl sites for hydroxylation is 2. The van der Waals surface area contributed by atoms with E-state index in [-0.39, 0.29) is 0 Å². The molecule has 0 atom stereocenters. The molecule has 2 aromatic rings. The van der Waals surface area contributed by atoms with Crippen molar-refractivity contribution in [1.29, 1.82) is 0 Å². The normalized spacial score (nSPS) is 10.4. The molecule has 0 spiro atoms. The van der Waals surface area contributed by atoms with E-state index in [9.17, 15) is 0 Å². The van der Waals surface area contributed by atoms with E-state index in [1.54, 1.807) is 0 Å². The minimum Gasteiger partial charge on any atom is -0.122 e. The SMILES string of the molecule is Cc1ccc(C)c(-c2cccc(CCl)c2)c1. The zero-order chi connectivity index (χ0) is 11.5. The summed E-state index contributed by atoms with van der Waals surface area (Å²) in [5, 5.41) is 0. The van der Waals surface area contributed by atoms with Crippen molar-refractivity contribution in [2.45, 2.75) is 19.7 Å². The summed E-state index contributed by atoms with van der Waals surface area (Å²) in [5.74, 6) is 0.568. The van der Waals surface area contributed by atoms with E-state index < -0.39 is 0 Å².